The van der Waals surface area contributed by atoms with Crippen LogP contribution in [0.4, 0.5) is 0 Å². The molecule has 0 saturated heterocycles. The van der Waals surface area contributed by atoms with Gasteiger partial charge in [-0.15, -0.1) is 0 Å². The van der Waals surface area contributed by atoms with Gasteiger partial charge in [-0.3, -0.25) is 4.79 Å². The van der Waals surface area contributed by atoms with Gasteiger partial charge in [0.2, 0.25) is 0 Å². The number of aromatic hydroxyl groups is 1. The Labute approximate surface area is 192 Å². The van der Waals surface area contributed by atoms with Crippen LogP contribution in [-0.2, 0) is 22.4 Å². The van der Waals surface area contributed by atoms with Gasteiger partial charge in [-0.2, -0.15) is 0 Å². The number of carbonyl (C=O) groups is 1. The summed E-state index contributed by atoms with van der Waals surface area (Å²) in [6, 6.07) is 3.97. The summed E-state index contributed by atoms with van der Waals surface area (Å²) in [5.41, 5.74) is 2.93. The molecule has 3 nitrogen and oxygen atoms in total. The molecule has 0 aliphatic carbocycles. The van der Waals surface area contributed by atoms with E-state index >= 15 is 0 Å². The van der Waals surface area contributed by atoms with Crippen molar-refractivity contribution in [3.05, 3.63) is 28.8 Å². The van der Waals surface area contributed by atoms with Gasteiger partial charge in [0.15, 0.2) is 0 Å². The van der Waals surface area contributed by atoms with E-state index < -0.39 is 0 Å². The number of esters is 1. The van der Waals surface area contributed by atoms with E-state index in [9.17, 15) is 9.90 Å². The van der Waals surface area contributed by atoms with Crippen molar-refractivity contribution < 1.29 is 14.6 Å². The second kappa shape index (κ2) is 18.1. The number of hydrogen-bond donors (Lipinski definition) is 1. The first-order valence-electron chi connectivity index (χ1n) is 13.1. The number of aryl methyl sites for hydroxylation is 3. The third-order valence-corrected chi connectivity index (χ3v) is 6.20. The van der Waals surface area contributed by atoms with Crippen molar-refractivity contribution >= 4 is 5.97 Å². The van der Waals surface area contributed by atoms with Crippen LogP contribution in [0, 0.1) is 6.92 Å². The number of unbranched alkanes of at least 4 members (excludes halogenated alkanes) is 13. The SMILES string of the molecule is CCCCCCCCCCCCCCCCOC(=O)CCc1cc(C)c(O)c(CC)c1. The first-order chi connectivity index (χ1) is 15.1. The summed E-state index contributed by atoms with van der Waals surface area (Å²) in [6.45, 7) is 6.76. The lowest BCUT2D eigenvalue weighted by atomic mass is 10.0. The summed E-state index contributed by atoms with van der Waals surface area (Å²) in [5.74, 6) is 0.269. The van der Waals surface area contributed by atoms with Gasteiger partial charge >= 0.3 is 5.97 Å². The molecular formula is C28H48O3. The first-order valence-corrected chi connectivity index (χ1v) is 13.1. The van der Waals surface area contributed by atoms with Gasteiger partial charge in [-0.1, -0.05) is 109 Å². The highest BCUT2D eigenvalue weighted by atomic mass is 16.5. The lowest BCUT2D eigenvalue weighted by Gasteiger charge is -2.10. The molecule has 3 heteroatoms. The molecule has 0 bridgehead atoms. The molecule has 178 valence electrons. The summed E-state index contributed by atoms with van der Waals surface area (Å²) in [5, 5.41) is 10.0. The van der Waals surface area contributed by atoms with Crippen molar-refractivity contribution in [3.63, 3.8) is 0 Å². The maximum absolute atomic E-state index is 12.0. The van der Waals surface area contributed by atoms with Gasteiger partial charge in [0.05, 0.1) is 6.61 Å². The van der Waals surface area contributed by atoms with Crippen molar-refractivity contribution in [2.24, 2.45) is 0 Å². The Morgan fingerprint density at radius 2 is 1.32 bits per heavy atom. The Morgan fingerprint density at radius 3 is 1.84 bits per heavy atom. The van der Waals surface area contributed by atoms with Gasteiger partial charge in [0, 0.05) is 6.42 Å². The second-order valence-electron chi connectivity index (χ2n) is 9.09. The summed E-state index contributed by atoms with van der Waals surface area (Å²) < 4.78 is 5.39. The Balaban J connectivity index is 1.93. The number of phenols is 1. The second-order valence-corrected chi connectivity index (χ2v) is 9.09. The zero-order valence-electron chi connectivity index (χ0n) is 20.6. The summed E-state index contributed by atoms with van der Waals surface area (Å²) in [4.78, 5) is 12.0. The molecule has 0 amide bonds. The molecule has 0 heterocycles. The minimum atomic E-state index is -0.113. The minimum Gasteiger partial charge on any atom is -0.507 e. The summed E-state index contributed by atoms with van der Waals surface area (Å²) in [7, 11) is 0. The summed E-state index contributed by atoms with van der Waals surface area (Å²) in [6.07, 6.45) is 20.5. The zero-order valence-corrected chi connectivity index (χ0v) is 20.6. The van der Waals surface area contributed by atoms with E-state index in [0.29, 0.717) is 25.2 Å². The Morgan fingerprint density at radius 1 is 0.806 bits per heavy atom. The van der Waals surface area contributed by atoms with Crippen molar-refractivity contribution in [3.8, 4) is 5.75 Å². The molecule has 0 saturated carbocycles. The summed E-state index contributed by atoms with van der Waals surface area (Å²) >= 11 is 0. The van der Waals surface area contributed by atoms with E-state index in [4.69, 9.17) is 4.74 Å². The Hall–Kier alpha value is -1.51. The normalized spacial score (nSPS) is 11.1. The molecule has 0 aliphatic heterocycles. The molecular weight excluding hydrogens is 384 g/mol. The number of rotatable bonds is 19. The van der Waals surface area contributed by atoms with Crippen LogP contribution in [0.3, 0.4) is 0 Å². The fourth-order valence-electron chi connectivity index (χ4n) is 4.15. The average Bonchev–Trinajstić information content (AvgIpc) is 2.77. The van der Waals surface area contributed by atoms with Crippen LogP contribution in [0.2, 0.25) is 0 Å². The van der Waals surface area contributed by atoms with Crippen molar-refractivity contribution in [1.82, 2.24) is 0 Å². The predicted molar refractivity (Wildman–Crippen MR) is 132 cm³/mol. The lowest BCUT2D eigenvalue weighted by molar-refractivity contribution is -0.143. The smallest absolute Gasteiger partial charge is 0.306 e. The molecule has 1 aromatic carbocycles. The lowest BCUT2D eigenvalue weighted by Crippen LogP contribution is -2.07. The predicted octanol–water partition coefficient (Wildman–Crippen LogP) is 8.22. The van der Waals surface area contributed by atoms with Gasteiger partial charge in [0.25, 0.3) is 0 Å². The quantitative estimate of drug-likeness (QED) is 0.177. The fourth-order valence-corrected chi connectivity index (χ4v) is 4.15. The number of carbonyl (C=O) groups excluding carboxylic acids is 1. The largest absolute Gasteiger partial charge is 0.507 e. The van der Waals surface area contributed by atoms with E-state index in [0.717, 1.165) is 36.0 Å². The van der Waals surface area contributed by atoms with Gasteiger partial charge in [0.1, 0.15) is 5.75 Å². The molecule has 0 aromatic heterocycles. The fraction of sp³-hybridized carbons (Fsp3) is 0.750. The highest BCUT2D eigenvalue weighted by molar-refractivity contribution is 5.69. The minimum absolute atomic E-state index is 0.113. The number of ether oxygens (including phenoxy) is 1. The molecule has 31 heavy (non-hydrogen) atoms. The highest BCUT2D eigenvalue weighted by Crippen LogP contribution is 2.25. The van der Waals surface area contributed by atoms with Crippen LogP contribution in [0.15, 0.2) is 12.1 Å². The van der Waals surface area contributed by atoms with Crippen LogP contribution in [0.25, 0.3) is 0 Å². The molecule has 0 unspecified atom stereocenters. The Bertz CT molecular complexity index is 594. The number of hydrogen-bond acceptors (Lipinski definition) is 3. The maximum atomic E-state index is 12.0. The number of phenolic OH excluding ortho intramolecular Hbond substituents is 1. The van der Waals surface area contributed by atoms with Gasteiger partial charge in [-0.25, -0.2) is 0 Å². The monoisotopic (exact) mass is 432 g/mol. The van der Waals surface area contributed by atoms with Crippen LogP contribution >= 0.6 is 0 Å². The molecule has 1 N–H and O–H groups in total. The maximum Gasteiger partial charge on any atom is 0.306 e. The zero-order chi connectivity index (χ0) is 22.7. The van der Waals surface area contributed by atoms with Crippen LogP contribution < -0.4 is 0 Å². The topological polar surface area (TPSA) is 46.5 Å². The molecule has 0 aliphatic rings. The third-order valence-electron chi connectivity index (χ3n) is 6.20. The molecule has 1 aromatic rings. The van der Waals surface area contributed by atoms with E-state index in [1.54, 1.807) is 0 Å². The Kier molecular flexibility index (Phi) is 16.1. The third kappa shape index (κ3) is 13.5. The molecule has 0 radical (unpaired) electrons. The van der Waals surface area contributed by atoms with Crippen LogP contribution in [0.1, 0.15) is 127 Å². The van der Waals surface area contributed by atoms with Crippen molar-refractivity contribution in [2.75, 3.05) is 6.61 Å². The molecule has 0 atom stereocenters. The van der Waals surface area contributed by atoms with Crippen LogP contribution in [0.5, 0.6) is 5.75 Å². The van der Waals surface area contributed by atoms with Gasteiger partial charge in [-0.05, 0) is 42.9 Å². The van der Waals surface area contributed by atoms with E-state index in [1.165, 1.54) is 77.0 Å². The average molecular weight is 433 g/mol. The van der Waals surface area contributed by atoms with Gasteiger partial charge < -0.3 is 9.84 Å². The molecule has 0 fully saturated rings. The highest BCUT2D eigenvalue weighted by Gasteiger charge is 2.08. The number of benzene rings is 1. The molecule has 0 spiro atoms. The van der Waals surface area contributed by atoms with E-state index in [1.807, 2.05) is 26.0 Å². The van der Waals surface area contributed by atoms with Crippen molar-refractivity contribution in [2.45, 2.75) is 130 Å². The molecule has 1 rings (SSSR count). The first kappa shape index (κ1) is 27.5. The van der Waals surface area contributed by atoms with Crippen LogP contribution in [-0.4, -0.2) is 17.7 Å². The van der Waals surface area contributed by atoms with Crippen molar-refractivity contribution in [1.29, 1.82) is 0 Å². The standard InChI is InChI=1S/C28H48O3/c1-4-6-7-8-9-10-11-12-13-14-15-16-17-18-21-31-27(29)20-19-25-22-24(3)28(30)26(5-2)23-25/h22-23,30H,4-21H2,1-3H3. The van der Waals surface area contributed by atoms with E-state index in [2.05, 4.69) is 6.92 Å². The van der Waals surface area contributed by atoms with E-state index in [-0.39, 0.29) is 5.97 Å².